The molecule has 0 aliphatic carbocycles. The molecule has 0 amide bonds. The van der Waals surface area contributed by atoms with Crippen LogP contribution < -0.4 is 10.2 Å². The Kier molecular flexibility index (Phi) is 3.99. The molecule has 0 aromatic carbocycles. The van der Waals surface area contributed by atoms with Crippen molar-refractivity contribution in [3.05, 3.63) is 6.33 Å². The van der Waals surface area contributed by atoms with Crippen LogP contribution in [0.15, 0.2) is 6.33 Å². The van der Waals surface area contributed by atoms with E-state index in [1.54, 1.807) is 6.33 Å². The molecule has 0 spiro atoms. The fourth-order valence-corrected chi connectivity index (χ4v) is 2.65. The van der Waals surface area contributed by atoms with Crippen LogP contribution in [0.2, 0.25) is 0 Å². The first-order chi connectivity index (χ1) is 9.88. The number of nitrogens with one attached hydrogen (secondary N) is 2. The van der Waals surface area contributed by atoms with Crippen molar-refractivity contribution in [3.63, 3.8) is 0 Å². The van der Waals surface area contributed by atoms with Gasteiger partial charge in [-0.2, -0.15) is 9.97 Å². The van der Waals surface area contributed by atoms with Crippen molar-refractivity contribution in [2.24, 2.45) is 0 Å². The molecular formula is C14H22N6. The Labute approximate surface area is 119 Å². The predicted octanol–water partition coefficient (Wildman–Crippen LogP) is 2.56. The topological polar surface area (TPSA) is 69.7 Å². The Morgan fingerprint density at radius 1 is 1.20 bits per heavy atom. The summed E-state index contributed by atoms with van der Waals surface area (Å²) in [5, 5.41) is 3.27. The second-order valence-electron chi connectivity index (χ2n) is 5.30. The number of aromatic amines is 1. The molecule has 2 N–H and O–H groups in total. The minimum absolute atomic E-state index is 0.686. The fourth-order valence-electron chi connectivity index (χ4n) is 2.65. The largest absolute Gasteiger partial charge is 0.355 e. The second kappa shape index (κ2) is 6.07. The highest BCUT2D eigenvalue weighted by molar-refractivity contribution is 5.84. The van der Waals surface area contributed by atoms with Gasteiger partial charge in [0.25, 0.3) is 0 Å². The van der Waals surface area contributed by atoms with Gasteiger partial charge in [0.05, 0.1) is 6.33 Å². The third-order valence-electron chi connectivity index (χ3n) is 3.71. The third kappa shape index (κ3) is 2.69. The zero-order valence-corrected chi connectivity index (χ0v) is 12.0. The van der Waals surface area contributed by atoms with Crippen molar-refractivity contribution >= 4 is 22.9 Å². The Morgan fingerprint density at radius 3 is 2.75 bits per heavy atom. The van der Waals surface area contributed by atoms with Crippen LogP contribution in [0, 0.1) is 0 Å². The van der Waals surface area contributed by atoms with Crippen LogP contribution in [-0.2, 0) is 0 Å². The van der Waals surface area contributed by atoms with Crippen LogP contribution in [0.4, 0.5) is 11.8 Å². The predicted molar refractivity (Wildman–Crippen MR) is 81.1 cm³/mol. The van der Waals surface area contributed by atoms with Crippen molar-refractivity contribution in [2.45, 2.75) is 39.0 Å². The van der Waals surface area contributed by atoms with Gasteiger partial charge in [0.2, 0.25) is 5.95 Å². The average Bonchev–Trinajstić information content (AvgIpc) is 2.77. The quantitative estimate of drug-likeness (QED) is 0.896. The highest BCUT2D eigenvalue weighted by Crippen LogP contribution is 2.25. The molecule has 3 heterocycles. The SMILES string of the molecule is CCCNc1nc(N2CCCCCC2)c2[nH]cnc2n1. The molecule has 20 heavy (non-hydrogen) atoms. The molecule has 6 heteroatoms. The molecule has 0 atom stereocenters. The minimum atomic E-state index is 0.686. The number of aromatic nitrogens is 4. The summed E-state index contributed by atoms with van der Waals surface area (Å²) in [6.45, 7) is 5.15. The number of hydrogen-bond donors (Lipinski definition) is 2. The van der Waals surface area contributed by atoms with Gasteiger partial charge < -0.3 is 15.2 Å². The van der Waals surface area contributed by atoms with E-state index in [4.69, 9.17) is 4.98 Å². The van der Waals surface area contributed by atoms with Crippen molar-refractivity contribution in [3.8, 4) is 0 Å². The Balaban J connectivity index is 1.95. The van der Waals surface area contributed by atoms with Crippen molar-refractivity contribution in [1.29, 1.82) is 0 Å². The van der Waals surface area contributed by atoms with Gasteiger partial charge in [0, 0.05) is 19.6 Å². The van der Waals surface area contributed by atoms with E-state index in [1.165, 1.54) is 25.7 Å². The molecule has 2 aromatic rings. The van der Waals surface area contributed by atoms with Gasteiger partial charge in [-0.05, 0) is 19.3 Å². The van der Waals surface area contributed by atoms with Crippen LogP contribution >= 0.6 is 0 Å². The highest BCUT2D eigenvalue weighted by Gasteiger charge is 2.17. The van der Waals surface area contributed by atoms with Gasteiger partial charge in [-0.15, -0.1) is 0 Å². The molecule has 0 saturated carbocycles. The van der Waals surface area contributed by atoms with Gasteiger partial charge in [-0.1, -0.05) is 19.8 Å². The number of nitrogens with zero attached hydrogens (tertiary/aromatic N) is 4. The van der Waals surface area contributed by atoms with E-state index >= 15 is 0 Å². The second-order valence-corrected chi connectivity index (χ2v) is 5.30. The highest BCUT2D eigenvalue weighted by atomic mass is 15.2. The van der Waals surface area contributed by atoms with Gasteiger partial charge >= 0.3 is 0 Å². The zero-order chi connectivity index (χ0) is 13.8. The van der Waals surface area contributed by atoms with Crippen LogP contribution in [0.3, 0.4) is 0 Å². The first kappa shape index (κ1) is 13.1. The van der Waals surface area contributed by atoms with Crippen LogP contribution in [-0.4, -0.2) is 39.6 Å². The lowest BCUT2D eigenvalue weighted by Gasteiger charge is -2.22. The minimum Gasteiger partial charge on any atom is -0.355 e. The molecule has 0 unspecified atom stereocenters. The summed E-state index contributed by atoms with van der Waals surface area (Å²) >= 11 is 0. The van der Waals surface area contributed by atoms with Gasteiger partial charge in [0.15, 0.2) is 11.5 Å². The monoisotopic (exact) mass is 274 g/mol. The van der Waals surface area contributed by atoms with E-state index < -0.39 is 0 Å². The van der Waals surface area contributed by atoms with E-state index in [0.717, 1.165) is 43.0 Å². The maximum absolute atomic E-state index is 4.71. The normalized spacial score (nSPS) is 16.4. The van der Waals surface area contributed by atoms with E-state index in [1.807, 2.05) is 0 Å². The average molecular weight is 274 g/mol. The number of hydrogen-bond acceptors (Lipinski definition) is 5. The van der Waals surface area contributed by atoms with E-state index in [0.29, 0.717) is 5.95 Å². The Morgan fingerprint density at radius 2 is 2.00 bits per heavy atom. The van der Waals surface area contributed by atoms with Crippen LogP contribution in [0.25, 0.3) is 11.2 Å². The number of imidazole rings is 1. The standard InChI is InChI=1S/C14H22N6/c1-2-7-15-14-18-12-11(16-10-17-12)13(19-14)20-8-5-3-4-6-9-20/h10H,2-9H2,1H3,(H2,15,16,17,18,19). The van der Waals surface area contributed by atoms with Crippen LogP contribution in [0.1, 0.15) is 39.0 Å². The molecule has 1 aliphatic rings. The first-order valence-corrected chi connectivity index (χ1v) is 7.58. The van der Waals surface area contributed by atoms with Gasteiger partial charge in [0.1, 0.15) is 5.52 Å². The molecule has 2 aromatic heterocycles. The summed E-state index contributed by atoms with van der Waals surface area (Å²) in [4.78, 5) is 19.0. The lowest BCUT2D eigenvalue weighted by atomic mass is 10.2. The number of H-pyrrole nitrogens is 1. The maximum Gasteiger partial charge on any atom is 0.226 e. The third-order valence-corrected chi connectivity index (χ3v) is 3.71. The lowest BCUT2D eigenvalue weighted by molar-refractivity contribution is 0.726. The molecule has 0 radical (unpaired) electrons. The summed E-state index contributed by atoms with van der Waals surface area (Å²) in [7, 11) is 0. The summed E-state index contributed by atoms with van der Waals surface area (Å²) in [5.74, 6) is 1.68. The van der Waals surface area contributed by atoms with E-state index in [-0.39, 0.29) is 0 Å². The number of fused-ring (bicyclic) bond motifs is 1. The molecule has 1 aliphatic heterocycles. The molecule has 1 saturated heterocycles. The first-order valence-electron chi connectivity index (χ1n) is 7.58. The summed E-state index contributed by atoms with van der Waals surface area (Å²) < 4.78 is 0. The van der Waals surface area contributed by atoms with Gasteiger partial charge in [-0.3, -0.25) is 0 Å². The van der Waals surface area contributed by atoms with E-state index in [9.17, 15) is 0 Å². The fraction of sp³-hybridized carbons (Fsp3) is 0.643. The molecule has 0 bridgehead atoms. The number of anilines is 2. The molecular weight excluding hydrogens is 252 g/mol. The van der Waals surface area contributed by atoms with Crippen LogP contribution in [0.5, 0.6) is 0 Å². The van der Waals surface area contributed by atoms with Crippen molar-refractivity contribution in [2.75, 3.05) is 29.9 Å². The van der Waals surface area contributed by atoms with Crippen molar-refractivity contribution in [1.82, 2.24) is 19.9 Å². The van der Waals surface area contributed by atoms with E-state index in [2.05, 4.69) is 32.1 Å². The van der Waals surface area contributed by atoms with Crippen molar-refractivity contribution < 1.29 is 0 Å². The summed E-state index contributed by atoms with van der Waals surface area (Å²) in [5.41, 5.74) is 1.70. The Hall–Kier alpha value is -1.85. The zero-order valence-electron chi connectivity index (χ0n) is 12.0. The maximum atomic E-state index is 4.71. The molecule has 6 nitrogen and oxygen atoms in total. The number of rotatable bonds is 4. The molecule has 1 fully saturated rings. The summed E-state index contributed by atoms with van der Waals surface area (Å²) in [6.07, 6.45) is 7.85. The van der Waals surface area contributed by atoms with Gasteiger partial charge in [-0.25, -0.2) is 4.98 Å². The smallest absolute Gasteiger partial charge is 0.226 e. The summed E-state index contributed by atoms with van der Waals surface area (Å²) in [6, 6.07) is 0. The lowest BCUT2D eigenvalue weighted by Crippen LogP contribution is -2.25. The Bertz CT molecular complexity index is 556. The molecule has 108 valence electrons. The molecule has 3 rings (SSSR count).